The number of cyclic esters (lactones) is 1. The molecule has 1 amide bonds. The van der Waals surface area contributed by atoms with Gasteiger partial charge in [-0.1, -0.05) is 6.07 Å². The fourth-order valence-electron chi connectivity index (χ4n) is 1.57. The van der Waals surface area contributed by atoms with Gasteiger partial charge in [0, 0.05) is 18.9 Å². The Morgan fingerprint density at radius 1 is 1.67 bits per heavy atom. The molecule has 0 spiro atoms. The highest BCUT2D eigenvalue weighted by molar-refractivity contribution is 5.70. The number of carbonyl (C=O) groups excluding carboxylic acids is 1. The van der Waals surface area contributed by atoms with Gasteiger partial charge in [-0.2, -0.15) is 0 Å². The molecule has 2 N–H and O–H groups in total. The van der Waals surface area contributed by atoms with Crippen molar-refractivity contribution in [2.45, 2.75) is 12.6 Å². The van der Waals surface area contributed by atoms with Gasteiger partial charge >= 0.3 is 6.09 Å². The fourth-order valence-corrected chi connectivity index (χ4v) is 1.57. The molecule has 1 saturated heterocycles. The van der Waals surface area contributed by atoms with Crippen molar-refractivity contribution >= 4 is 6.09 Å². The number of nitrogens with two attached hydrogens (primary N) is 1. The van der Waals surface area contributed by atoms with Crippen molar-refractivity contribution in [3.8, 4) is 0 Å². The van der Waals surface area contributed by atoms with E-state index in [-0.39, 0.29) is 12.1 Å². The van der Waals surface area contributed by atoms with Crippen molar-refractivity contribution in [2.24, 2.45) is 5.73 Å². The number of rotatable bonds is 3. The summed E-state index contributed by atoms with van der Waals surface area (Å²) in [5.74, 6) is 0. The highest BCUT2D eigenvalue weighted by atomic mass is 16.6. The van der Waals surface area contributed by atoms with E-state index in [1.807, 2.05) is 12.1 Å². The van der Waals surface area contributed by atoms with Crippen LogP contribution in [0.1, 0.15) is 5.56 Å². The Balaban J connectivity index is 2.07. The topological polar surface area (TPSA) is 68.5 Å². The number of nitrogens with zero attached hydrogens (tertiary/aromatic N) is 2. The average molecular weight is 207 g/mol. The molecule has 1 fully saturated rings. The van der Waals surface area contributed by atoms with Gasteiger partial charge in [0.2, 0.25) is 0 Å². The molecule has 1 aliphatic heterocycles. The first-order valence-corrected chi connectivity index (χ1v) is 4.83. The van der Waals surface area contributed by atoms with Gasteiger partial charge in [-0.25, -0.2) is 4.79 Å². The van der Waals surface area contributed by atoms with E-state index in [1.54, 1.807) is 17.3 Å². The van der Waals surface area contributed by atoms with Crippen LogP contribution in [0.5, 0.6) is 0 Å². The molecular formula is C10H13N3O2. The molecule has 1 aromatic rings. The molecule has 0 bridgehead atoms. The van der Waals surface area contributed by atoms with E-state index in [2.05, 4.69) is 4.98 Å². The van der Waals surface area contributed by atoms with Gasteiger partial charge in [-0.3, -0.25) is 9.88 Å². The van der Waals surface area contributed by atoms with Crippen LogP contribution in [0, 0.1) is 0 Å². The minimum absolute atomic E-state index is 0.0160. The summed E-state index contributed by atoms with van der Waals surface area (Å²) >= 11 is 0. The van der Waals surface area contributed by atoms with E-state index in [9.17, 15) is 4.79 Å². The Morgan fingerprint density at radius 3 is 3.20 bits per heavy atom. The predicted molar refractivity (Wildman–Crippen MR) is 54.0 cm³/mol. The van der Waals surface area contributed by atoms with Gasteiger partial charge in [0.15, 0.2) is 0 Å². The lowest BCUT2D eigenvalue weighted by Crippen LogP contribution is -2.38. The Kier molecular flexibility index (Phi) is 2.82. The van der Waals surface area contributed by atoms with E-state index >= 15 is 0 Å². The molecule has 5 nitrogen and oxygen atoms in total. The largest absolute Gasteiger partial charge is 0.447 e. The second-order valence-corrected chi connectivity index (χ2v) is 3.46. The SMILES string of the molecule is NCC1COC(=O)N1Cc1cccnc1. The monoisotopic (exact) mass is 207 g/mol. The van der Waals surface area contributed by atoms with Crippen LogP contribution in [0.3, 0.4) is 0 Å². The van der Waals surface area contributed by atoms with Crippen molar-refractivity contribution in [3.63, 3.8) is 0 Å². The van der Waals surface area contributed by atoms with E-state index < -0.39 is 0 Å². The lowest BCUT2D eigenvalue weighted by molar-refractivity contribution is 0.156. The minimum Gasteiger partial charge on any atom is -0.447 e. The summed E-state index contributed by atoms with van der Waals surface area (Å²) in [5.41, 5.74) is 6.53. The molecule has 1 atom stereocenters. The molecule has 1 aliphatic rings. The summed E-state index contributed by atoms with van der Waals surface area (Å²) < 4.78 is 4.93. The predicted octanol–water partition coefficient (Wildman–Crippen LogP) is 0.361. The zero-order valence-electron chi connectivity index (χ0n) is 8.30. The third kappa shape index (κ3) is 2.07. The van der Waals surface area contributed by atoms with Gasteiger partial charge in [-0.05, 0) is 11.6 Å². The molecule has 0 saturated carbocycles. The van der Waals surface area contributed by atoms with Crippen LogP contribution in [0.4, 0.5) is 4.79 Å². The highest BCUT2D eigenvalue weighted by Gasteiger charge is 2.31. The Bertz CT molecular complexity index is 342. The molecule has 0 aromatic carbocycles. The number of hydrogen-bond acceptors (Lipinski definition) is 4. The fraction of sp³-hybridized carbons (Fsp3) is 0.400. The van der Waals surface area contributed by atoms with E-state index in [0.29, 0.717) is 19.7 Å². The summed E-state index contributed by atoms with van der Waals surface area (Å²) in [6, 6.07) is 3.75. The lowest BCUT2D eigenvalue weighted by atomic mass is 10.2. The Hall–Kier alpha value is -1.62. The van der Waals surface area contributed by atoms with Gasteiger partial charge in [0.25, 0.3) is 0 Å². The summed E-state index contributed by atoms with van der Waals surface area (Å²) in [6.45, 7) is 1.32. The molecule has 0 aliphatic carbocycles. The average Bonchev–Trinajstić information content (AvgIpc) is 2.62. The van der Waals surface area contributed by atoms with Crippen LogP contribution in [0.15, 0.2) is 24.5 Å². The van der Waals surface area contributed by atoms with Gasteiger partial charge in [0.05, 0.1) is 12.6 Å². The van der Waals surface area contributed by atoms with Crippen molar-refractivity contribution in [3.05, 3.63) is 30.1 Å². The number of hydrogen-bond donors (Lipinski definition) is 1. The van der Waals surface area contributed by atoms with Crippen LogP contribution in [0.25, 0.3) is 0 Å². The number of carbonyl (C=O) groups is 1. The zero-order valence-corrected chi connectivity index (χ0v) is 8.30. The van der Waals surface area contributed by atoms with E-state index in [4.69, 9.17) is 10.5 Å². The molecule has 80 valence electrons. The van der Waals surface area contributed by atoms with Crippen LogP contribution in [0.2, 0.25) is 0 Å². The lowest BCUT2D eigenvalue weighted by Gasteiger charge is -2.19. The van der Waals surface area contributed by atoms with Crippen LogP contribution in [-0.2, 0) is 11.3 Å². The van der Waals surface area contributed by atoms with Gasteiger partial charge in [0.1, 0.15) is 6.61 Å². The van der Waals surface area contributed by atoms with E-state index in [1.165, 1.54) is 0 Å². The van der Waals surface area contributed by atoms with Crippen molar-refractivity contribution in [1.29, 1.82) is 0 Å². The van der Waals surface area contributed by atoms with Crippen molar-refractivity contribution in [2.75, 3.05) is 13.2 Å². The second-order valence-electron chi connectivity index (χ2n) is 3.46. The molecule has 1 aromatic heterocycles. The van der Waals surface area contributed by atoms with Crippen molar-refractivity contribution in [1.82, 2.24) is 9.88 Å². The third-order valence-electron chi connectivity index (χ3n) is 2.42. The molecule has 2 heterocycles. The normalized spacial score (nSPS) is 20.5. The molecular weight excluding hydrogens is 194 g/mol. The maximum Gasteiger partial charge on any atom is 0.410 e. The summed E-state index contributed by atoms with van der Waals surface area (Å²) in [6.07, 6.45) is 3.14. The zero-order chi connectivity index (χ0) is 10.7. The molecule has 1 unspecified atom stereocenters. The number of ether oxygens (including phenoxy) is 1. The first kappa shape index (κ1) is 9.92. The minimum atomic E-state index is -0.297. The summed E-state index contributed by atoms with van der Waals surface area (Å²) in [4.78, 5) is 17.0. The Morgan fingerprint density at radius 2 is 2.53 bits per heavy atom. The summed E-state index contributed by atoms with van der Waals surface area (Å²) in [7, 11) is 0. The number of aromatic nitrogens is 1. The van der Waals surface area contributed by atoms with E-state index in [0.717, 1.165) is 5.56 Å². The number of pyridine rings is 1. The quantitative estimate of drug-likeness (QED) is 0.777. The second kappa shape index (κ2) is 4.27. The first-order valence-electron chi connectivity index (χ1n) is 4.83. The number of amides is 1. The maximum atomic E-state index is 11.4. The maximum absolute atomic E-state index is 11.4. The van der Waals surface area contributed by atoms with Crippen molar-refractivity contribution < 1.29 is 9.53 Å². The summed E-state index contributed by atoms with van der Waals surface area (Å²) in [5, 5.41) is 0. The van der Waals surface area contributed by atoms with Crippen LogP contribution < -0.4 is 5.73 Å². The van der Waals surface area contributed by atoms with Crippen LogP contribution in [-0.4, -0.2) is 35.2 Å². The Labute approximate surface area is 87.8 Å². The molecule has 2 rings (SSSR count). The van der Waals surface area contributed by atoms with Crippen LogP contribution >= 0.6 is 0 Å². The third-order valence-corrected chi connectivity index (χ3v) is 2.42. The van der Waals surface area contributed by atoms with Gasteiger partial charge in [-0.15, -0.1) is 0 Å². The smallest absolute Gasteiger partial charge is 0.410 e. The first-order chi connectivity index (χ1) is 7.31. The standard InChI is InChI=1S/C10H13N3O2/c11-4-9-7-15-10(14)13(9)6-8-2-1-3-12-5-8/h1-3,5,9H,4,6-7,11H2. The molecule has 15 heavy (non-hydrogen) atoms. The highest BCUT2D eigenvalue weighted by Crippen LogP contribution is 2.14. The molecule has 5 heteroatoms. The molecule has 0 radical (unpaired) electrons. The van der Waals surface area contributed by atoms with Gasteiger partial charge < -0.3 is 10.5 Å².